The first-order valence-corrected chi connectivity index (χ1v) is 15.2. The second kappa shape index (κ2) is 9.45. The fourth-order valence-electron chi connectivity index (χ4n) is 3.83. The fourth-order valence-corrected chi connectivity index (χ4v) is 11.0. The summed E-state index contributed by atoms with van der Waals surface area (Å²) in [7, 11) is -0.610. The van der Waals surface area contributed by atoms with E-state index in [9.17, 15) is 14.4 Å². The Morgan fingerprint density at radius 1 is 1.03 bits per heavy atom. The molecule has 1 aliphatic rings. The van der Waals surface area contributed by atoms with Crippen molar-refractivity contribution >= 4 is 45.4 Å². The van der Waals surface area contributed by atoms with Crippen LogP contribution >= 0.6 is 0 Å². The third-order valence-corrected chi connectivity index (χ3v) is 14.6. The molecule has 8 heteroatoms. The SMILES string of the molecule is CCOC(=O)C1(C(=O)OCC)[C@@H]([C@H]([Se]c2ccccc2)[Si](C)(C)C)[C@H]1C(=O)OC. The number of ether oxygens (including phenoxy) is 3. The molecule has 29 heavy (non-hydrogen) atoms. The second-order valence-corrected chi connectivity index (χ2v) is 16.9. The van der Waals surface area contributed by atoms with Crippen molar-refractivity contribution in [3.8, 4) is 0 Å². The molecule has 1 aromatic carbocycles. The summed E-state index contributed by atoms with van der Waals surface area (Å²) in [5.74, 6) is -3.24. The van der Waals surface area contributed by atoms with E-state index in [0.717, 1.165) is 0 Å². The molecule has 1 fully saturated rings. The summed E-state index contributed by atoms with van der Waals surface area (Å²) in [4.78, 5) is 38.8. The van der Waals surface area contributed by atoms with Crippen LogP contribution in [0.15, 0.2) is 30.3 Å². The van der Waals surface area contributed by atoms with Crippen molar-refractivity contribution in [2.75, 3.05) is 20.3 Å². The van der Waals surface area contributed by atoms with Gasteiger partial charge in [0.15, 0.2) is 0 Å². The molecule has 0 spiro atoms. The first-order chi connectivity index (χ1) is 13.7. The molecule has 1 aromatic rings. The predicted octanol–water partition coefficient (Wildman–Crippen LogP) is 2.21. The number of hydrogen-bond donors (Lipinski definition) is 0. The molecule has 160 valence electrons. The molecule has 0 radical (unpaired) electrons. The normalized spacial score (nSPS) is 21.0. The molecule has 0 heterocycles. The van der Waals surface area contributed by atoms with E-state index in [4.69, 9.17) is 14.2 Å². The van der Waals surface area contributed by atoms with Crippen LogP contribution in [0.1, 0.15) is 13.8 Å². The molecule has 1 aliphatic carbocycles. The van der Waals surface area contributed by atoms with Gasteiger partial charge in [-0.15, -0.1) is 0 Å². The zero-order valence-electron chi connectivity index (χ0n) is 17.9. The second-order valence-electron chi connectivity index (χ2n) is 8.05. The van der Waals surface area contributed by atoms with Gasteiger partial charge >= 0.3 is 180 Å². The number of carbonyl (C=O) groups is 3. The van der Waals surface area contributed by atoms with E-state index in [2.05, 4.69) is 31.8 Å². The monoisotopic (exact) mass is 486 g/mol. The quantitative estimate of drug-likeness (QED) is 0.231. The summed E-state index contributed by atoms with van der Waals surface area (Å²) < 4.78 is 16.8. The first kappa shape index (κ1) is 23.6. The van der Waals surface area contributed by atoms with Gasteiger partial charge in [0.1, 0.15) is 0 Å². The molecule has 0 bridgehead atoms. The number of carbonyl (C=O) groups excluding carboxylic acids is 3. The van der Waals surface area contributed by atoms with Crippen LogP contribution in [0.4, 0.5) is 0 Å². The molecule has 0 aliphatic heterocycles. The number of methoxy groups -OCH3 is 1. The number of hydrogen-bond acceptors (Lipinski definition) is 6. The predicted molar refractivity (Wildman–Crippen MR) is 114 cm³/mol. The van der Waals surface area contributed by atoms with Gasteiger partial charge in [-0.05, 0) is 0 Å². The molecule has 3 atom stereocenters. The average Bonchev–Trinajstić information content (AvgIpc) is 3.36. The Hall–Kier alpha value is -1.63. The summed E-state index contributed by atoms with van der Waals surface area (Å²) in [6, 6.07) is 10.0. The standard InChI is InChI=1S/C21H30O6SeSi/c1-7-26-19(23)21(20(24)27-8-2)15(17(22)25-3)16(21)18(29(4,5)6)28-14-12-10-9-11-13-14/h9-13,15-16,18H,7-8H2,1-6H3/t15-,16+,18+/m0/s1. The van der Waals surface area contributed by atoms with Gasteiger partial charge in [-0.3, -0.25) is 0 Å². The van der Waals surface area contributed by atoms with E-state index >= 15 is 0 Å². The average molecular weight is 486 g/mol. The van der Waals surface area contributed by atoms with Gasteiger partial charge in [-0.1, -0.05) is 0 Å². The van der Waals surface area contributed by atoms with E-state index in [1.165, 1.54) is 11.6 Å². The summed E-state index contributed by atoms with van der Waals surface area (Å²) in [6.45, 7) is 10.2. The van der Waals surface area contributed by atoms with Crippen molar-refractivity contribution in [1.82, 2.24) is 0 Å². The Morgan fingerprint density at radius 2 is 1.55 bits per heavy atom. The third kappa shape index (κ3) is 4.60. The van der Waals surface area contributed by atoms with E-state index < -0.39 is 43.2 Å². The number of rotatable bonds is 9. The van der Waals surface area contributed by atoms with Crippen molar-refractivity contribution in [3.63, 3.8) is 0 Å². The molecule has 0 saturated heterocycles. The van der Waals surface area contributed by atoms with Gasteiger partial charge in [-0.2, -0.15) is 0 Å². The van der Waals surface area contributed by atoms with Gasteiger partial charge in [0.2, 0.25) is 0 Å². The van der Waals surface area contributed by atoms with Crippen LogP contribution in [0, 0.1) is 17.3 Å². The fraction of sp³-hybridized carbons (Fsp3) is 0.571. The van der Waals surface area contributed by atoms with Crippen molar-refractivity contribution in [2.45, 2.75) is 37.9 Å². The third-order valence-electron chi connectivity index (χ3n) is 5.13. The zero-order valence-corrected chi connectivity index (χ0v) is 20.6. The van der Waals surface area contributed by atoms with Gasteiger partial charge in [0, 0.05) is 0 Å². The van der Waals surface area contributed by atoms with Crippen molar-refractivity contribution in [3.05, 3.63) is 30.3 Å². The summed E-state index contributed by atoms with van der Waals surface area (Å²) in [6.07, 6.45) is 0. The van der Waals surface area contributed by atoms with E-state index in [1.54, 1.807) is 13.8 Å². The van der Waals surface area contributed by atoms with Gasteiger partial charge < -0.3 is 0 Å². The first-order valence-electron chi connectivity index (χ1n) is 9.80. The Labute approximate surface area is 179 Å². The molecular weight excluding hydrogens is 455 g/mol. The minimum absolute atomic E-state index is 0.0244. The summed E-state index contributed by atoms with van der Waals surface area (Å²) in [5, 5.41) is 0. The zero-order chi connectivity index (χ0) is 21.8. The van der Waals surface area contributed by atoms with Crippen LogP contribution < -0.4 is 4.46 Å². The molecule has 2 rings (SSSR count). The molecular formula is C21H30O6SeSi. The van der Waals surface area contributed by atoms with Gasteiger partial charge in [-0.25, -0.2) is 0 Å². The van der Waals surface area contributed by atoms with Crippen LogP contribution in [0.3, 0.4) is 0 Å². The number of esters is 3. The molecule has 6 nitrogen and oxygen atoms in total. The van der Waals surface area contributed by atoms with Gasteiger partial charge in [0.05, 0.1) is 0 Å². The molecule has 0 aromatic heterocycles. The summed E-state index contributed by atoms with van der Waals surface area (Å²) in [5.41, 5.74) is -1.61. The number of benzene rings is 1. The van der Waals surface area contributed by atoms with Crippen molar-refractivity contribution in [2.24, 2.45) is 17.3 Å². The van der Waals surface area contributed by atoms with E-state index in [-0.39, 0.29) is 32.6 Å². The topological polar surface area (TPSA) is 78.9 Å². The Bertz CT molecular complexity index is 727. The van der Waals surface area contributed by atoms with Crippen LogP contribution in [0.5, 0.6) is 0 Å². The maximum absolute atomic E-state index is 13.1. The van der Waals surface area contributed by atoms with Crippen LogP contribution in [0.2, 0.25) is 24.1 Å². The van der Waals surface area contributed by atoms with Crippen molar-refractivity contribution in [1.29, 1.82) is 0 Å². The maximum atomic E-state index is 13.1. The van der Waals surface area contributed by atoms with Crippen molar-refractivity contribution < 1.29 is 28.6 Å². The van der Waals surface area contributed by atoms with E-state index in [0.29, 0.717) is 0 Å². The van der Waals surface area contributed by atoms with Crippen LogP contribution in [-0.4, -0.2) is 61.3 Å². The molecule has 1 saturated carbocycles. The molecule has 0 N–H and O–H groups in total. The molecule has 0 amide bonds. The minimum atomic E-state index is -1.89. The van der Waals surface area contributed by atoms with E-state index in [1.807, 2.05) is 18.2 Å². The summed E-state index contributed by atoms with van der Waals surface area (Å²) >= 11 is -0.0244. The Balaban J connectivity index is 2.56. The Morgan fingerprint density at radius 3 is 1.97 bits per heavy atom. The Kier molecular flexibility index (Phi) is 7.71. The van der Waals surface area contributed by atoms with Crippen LogP contribution in [-0.2, 0) is 28.6 Å². The molecule has 0 unspecified atom stereocenters. The van der Waals surface area contributed by atoms with Crippen LogP contribution in [0.25, 0.3) is 0 Å². The van der Waals surface area contributed by atoms with Gasteiger partial charge in [0.25, 0.3) is 0 Å².